The van der Waals surface area contributed by atoms with Crippen LogP contribution in [0.3, 0.4) is 0 Å². The number of carbonyl (C=O) groups is 1. The van der Waals surface area contributed by atoms with Crippen LogP contribution in [0.4, 0.5) is 16.0 Å². The first-order valence-electron chi connectivity index (χ1n) is 8.55. The third-order valence-corrected chi connectivity index (χ3v) is 4.05. The number of carbonyl (C=O) groups excluding carboxylic acids is 1. The van der Waals surface area contributed by atoms with Gasteiger partial charge in [0.05, 0.1) is 19.3 Å². The maximum absolute atomic E-state index is 13.0. The predicted octanol–water partition coefficient (Wildman–Crippen LogP) is 4.14. The molecule has 3 aromatic rings. The van der Waals surface area contributed by atoms with E-state index in [1.165, 1.54) is 37.6 Å². The van der Waals surface area contributed by atoms with Crippen LogP contribution >= 0.6 is 11.6 Å². The topological polar surface area (TPSA) is 76.6 Å². The van der Waals surface area contributed by atoms with E-state index in [0.717, 1.165) is 0 Å². The minimum absolute atomic E-state index is 0.0182. The highest BCUT2D eigenvalue weighted by atomic mass is 35.5. The molecular weight excluding hydrogens is 399 g/mol. The van der Waals surface area contributed by atoms with Gasteiger partial charge in [0.1, 0.15) is 17.3 Å². The number of halogens is 2. The van der Waals surface area contributed by atoms with Crippen LogP contribution in [0.25, 0.3) is 0 Å². The standard InChI is InChI=1S/C20H18ClFN4O3/c1-26(12-18(27)24-16-11-13(21)3-8-17(16)28-2)20-23-10-9-19(25-20)29-15-6-4-14(22)5-7-15/h3-11H,12H2,1-2H3,(H,24,27). The molecule has 0 aliphatic heterocycles. The Morgan fingerprint density at radius 1 is 1.21 bits per heavy atom. The molecular formula is C20H18ClFN4O3. The summed E-state index contributed by atoms with van der Waals surface area (Å²) in [5.74, 6) is 0.827. The average molecular weight is 417 g/mol. The maximum atomic E-state index is 13.0. The fourth-order valence-electron chi connectivity index (χ4n) is 2.45. The van der Waals surface area contributed by atoms with Crippen molar-refractivity contribution in [1.29, 1.82) is 0 Å². The molecule has 1 amide bonds. The van der Waals surface area contributed by atoms with Gasteiger partial charge in [0.15, 0.2) is 0 Å². The number of nitrogens with one attached hydrogen (secondary N) is 1. The van der Waals surface area contributed by atoms with E-state index >= 15 is 0 Å². The fourth-order valence-corrected chi connectivity index (χ4v) is 2.62. The molecule has 0 radical (unpaired) electrons. The molecule has 0 saturated heterocycles. The second-order valence-corrected chi connectivity index (χ2v) is 6.44. The van der Waals surface area contributed by atoms with Crippen LogP contribution in [0.2, 0.25) is 5.02 Å². The van der Waals surface area contributed by atoms with Crippen LogP contribution < -0.4 is 19.7 Å². The molecule has 2 aromatic carbocycles. The van der Waals surface area contributed by atoms with Crippen LogP contribution in [0.15, 0.2) is 54.7 Å². The maximum Gasteiger partial charge on any atom is 0.244 e. The molecule has 0 spiro atoms. The van der Waals surface area contributed by atoms with E-state index in [4.69, 9.17) is 21.1 Å². The van der Waals surface area contributed by atoms with Gasteiger partial charge < -0.3 is 19.7 Å². The quantitative estimate of drug-likeness (QED) is 0.623. The van der Waals surface area contributed by atoms with E-state index < -0.39 is 0 Å². The summed E-state index contributed by atoms with van der Waals surface area (Å²) >= 11 is 5.98. The summed E-state index contributed by atoms with van der Waals surface area (Å²) < 4.78 is 23.8. The monoisotopic (exact) mass is 416 g/mol. The molecule has 1 N–H and O–H groups in total. The molecule has 150 valence electrons. The van der Waals surface area contributed by atoms with Crippen molar-refractivity contribution < 1.29 is 18.7 Å². The molecule has 29 heavy (non-hydrogen) atoms. The minimum Gasteiger partial charge on any atom is -0.495 e. The molecule has 7 nitrogen and oxygen atoms in total. The molecule has 0 saturated carbocycles. The van der Waals surface area contributed by atoms with Crippen molar-refractivity contribution in [3.8, 4) is 17.4 Å². The molecule has 1 aromatic heterocycles. The van der Waals surface area contributed by atoms with E-state index in [1.54, 1.807) is 36.2 Å². The second kappa shape index (κ2) is 9.20. The van der Waals surface area contributed by atoms with Crippen molar-refractivity contribution in [2.45, 2.75) is 0 Å². The largest absolute Gasteiger partial charge is 0.495 e. The Morgan fingerprint density at radius 3 is 2.69 bits per heavy atom. The predicted molar refractivity (Wildman–Crippen MR) is 108 cm³/mol. The highest BCUT2D eigenvalue weighted by molar-refractivity contribution is 6.31. The van der Waals surface area contributed by atoms with Crippen LogP contribution in [-0.4, -0.2) is 36.6 Å². The van der Waals surface area contributed by atoms with Gasteiger partial charge in [0.25, 0.3) is 0 Å². The van der Waals surface area contributed by atoms with Gasteiger partial charge in [-0.05, 0) is 42.5 Å². The van der Waals surface area contributed by atoms with Gasteiger partial charge in [-0.15, -0.1) is 0 Å². The molecule has 0 aliphatic carbocycles. The summed E-state index contributed by atoms with van der Waals surface area (Å²) in [6, 6.07) is 12.1. The van der Waals surface area contributed by atoms with E-state index in [1.807, 2.05) is 0 Å². The molecule has 0 unspecified atom stereocenters. The smallest absolute Gasteiger partial charge is 0.244 e. The Balaban J connectivity index is 1.66. The Hall–Kier alpha value is -3.39. The van der Waals surface area contributed by atoms with Crippen molar-refractivity contribution >= 4 is 29.1 Å². The lowest BCUT2D eigenvalue weighted by molar-refractivity contribution is -0.114. The highest BCUT2D eigenvalue weighted by Crippen LogP contribution is 2.27. The SMILES string of the molecule is COc1ccc(Cl)cc1NC(=O)CN(C)c1nccc(Oc2ccc(F)cc2)n1. The van der Waals surface area contributed by atoms with E-state index in [2.05, 4.69) is 15.3 Å². The normalized spacial score (nSPS) is 10.3. The third kappa shape index (κ3) is 5.55. The zero-order valence-corrected chi connectivity index (χ0v) is 16.5. The molecule has 9 heteroatoms. The van der Waals surface area contributed by atoms with Gasteiger partial charge in [-0.1, -0.05) is 11.6 Å². The van der Waals surface area contributed by atoms with E-state index in [0.29, 0.717) is 22.2 Å². The number of anilines is 2. The Morgan fingerprint density at radius 2 is 1.97 bits per heavy atom. The number of ether oxygens (including phenoxy) is 2. The molecule has 1 heterocycles. The number of nitrogens with zero attached hydrogens (tertiary/aromatic N) is 3. The van der Waals surface area contributed by atoms with Crippen LogP contribution in [0.5, 0.6) is 17.4 Å². The van der Waals surface area contributed by atoms with Crippen LogP contribution in [0.1, 0.15) is 0 Å². The van der Waals surface area contributed by atoms with Crippen LogP contribution in [-0.2, 0) is 4.79 Å². The number of methoxy groups -OCH3 is 1. The summed E-state index contributed by atoms with van der Waals surface area (Å²) in [5.41, 5.74) is 0.465. The van der Waals surface area contributed by atoms with Gasteiger partial charge in [-0.3, -0.25) is 4.79 Å². The molecule has 0 fully saturated rings. The van der Waals surface area contributed by atoms with E-state index in [9.17, 15) is 9.18 Å². The first-order chi connectivity index (χ1) is 13.9. The van der Waals surface area contributed by atoms with Gasteiger partial charge in [0.2, 0.25) is 17.7 Å². The third-order valence-electron chi connectivity index (χ3n) is 3.81. The number of likely N-dealkylation sites (N-methyl/N-ethyl adjacent to an activating group) is 1. The number of rotatable bonds is 7. The summed E-state index contributed by atoms with van der Waals surface area (Å²) in [4.78, 5) is 22.4. The lowest BCUT2D eigenvalue weighted by Crippen LogP contribution is -2.31. The Bertz CT molecular complexity index is 1000. The fraction of sp³-hybridized carbons (Fsp3) is 0.150. The molecule has 3 rings (SSSR count). The first kappa shape index (κ1) is 20.3. The summed E-state index contributed by atoms with van der Waals surface area (Å²) in [7, 11) is 3.18. The van der Waals surface area contributed by atoms with Gasteiger partial charge in [-0.25, -0.2) is 9.37 Å². The van der Waals surface area contributed by atoms with Gasteiger partial charge in [0, 0.05) is 24.3 Å². The van der Waals surface area contributed by atoms with Crippen molar-refractivity contribution in [1.82, 2.24) is 9.97 Å². The van der Waals surface area contributed by atoms with Crippen molar-refractivity contribution in [3.63, 3.8) is 0 Å². The zero-order valence-electron chi connectivity index (χ0n) is 15.7. The summed E-state index contributed by atoms with van der Waals surface area (Å²) in [6.45, 7) is -0.0182. The lowest BCUT2D eigenvalue weighted by atomic mass is 10.3. The molecule has 0 aliphatic rings. The van der Waals surface area contributed by atoms with Gasteiger partial charge >= 0.3 is 0 Å². The number of benzene rings is 2. The Labute approximate surface area is 172 Å². The number of hydrogen-bond acceptors (Lipinski definition) is 6. The van der Waals surface area contributed by atoms with Crippen molar-refractivity contribution in [2.75, 3.05) is 30.9 Å². The summed E-state index contributed by atoms with van der Waals surface area (Å²) in [6.07, 6.45) is 1.51. The number of amides is 1. The molecule has 0 atom stereocenters. The van der Waals surface area contributed by atoms with Crippen molar-refractivity contribution in [2.24, 2.45) is 0 Å². The summed E-state index contributed by atoms with van der Waals surface area (Å²) in [5, 5.41) is 3.23. The lowest BCUT2D eigenvalue weighted by Gasteiger charge is -2.18. The minimum atomic E-state index is -0.359. The number of aromatic nitrogens is 2. The second-order valence-electron chi connectivity index (χ2n) is 6.00. The first-order valence-corrected chi connectivity index (χ1v) is 8.93. The van der Waals surface area contributed by atoms with Gasteiger partial charge in [-0.2, -0.15) is 4.98 Å². The Kier molecular flexibility index (Phi) is 6.46. The zero-order chi connectivity index (χ0) is 20.8. The van der Waals surface area contributed by atoms with Crippen LogP contribution in [0, 0.1) is 5.82 Å². The van der Waals surface area contributed by atoms with Crippen molar-refractivity contribution in [3.05, 3.63) is 65.6 Å². The highest BCUT2D eigenvalue weighted by Gasteiger charge is 2.13. The molecule has 0 bridgehead atoms. The number of hydrogen-bond donors (Lipinski definition) is 1. The average Bonchev–Trinajstić information content (AvgIpc) is 2.70. The van der Waals surface area contributed by atoms with E-state index in [-0.39, 0.29) is 30.1 Å².